The van der Waals surface area contributed by atoms with Gasteiger partial charge in [-0.25, -0.2) is 4.79 Å². The van der Waals surface area contributed by atoms with E-state index < -0.39 is 0 Å². The number of hydrogen-bond acceptors (Lipinski definition) is 3. The van der Waals surface area contributed by atoms with E-state index in [0.717, 1.165) is 12.2 Å². The Morgan fingerprint density at radius 1 is 1.33 bits per heavy atom. The first-order valence-electron chi connectivity index (χ1n) is 5.02. The molecule has 3 heteroatoms. The summed E-state index contributed by atoms with van der Waals surface area (Å²) in [6, 6.07) is 6.95. The molecule has 0 saturated heterocycles. The Kier molecular flexibility index (Phi) is 4.16. The predicted molar refractivity (Wildman–Crippen MR) is 58.2 cm³/mol. The lowest BCUT2D eigenvalue weighted by atomic mass is 10.2. The summed E-state index contributed by atoms with van der Waals surface area (Å²) < 4.78 is 10.2. The summed E-state index contributed by atoms with van der Waals surface area (Å²) in [5.41, 5.74) is 0.536. The third-order valence-electron chi connectivity index (χ3n) is 2.19. The van der Waals surface area contributed by atoms with Crippen LogP contribution >= 0.6 is 0 Å². The maximum absolute atomic E-state index is 11.1. The highest BCUT2D eigenvalue weighted by Gasteiger charge is 2.05. The summed E-state index contributed by atoms with van der Waals surface area (Å²) >= 11 is 0. The summed E-state index contributed by atoms with van der Waals surface area (Å²) in [5.74, 6) is 0.446. The molecule has 15 heavy (non-hydrogen) atoms. The van der Waals surface area contributed by atoms with Gasteiger partial charge in [0.2, 0.25) is 0 Å². The van der Waals surface area contributed by atoms with E-state index in [9.17, 15) is 4.79 Å². The van der Waals surface area contributed by atoms with Crippen molar-refractivity contribution in [2.24, 2.45) is 0 Å². The fourth-order valence-corrected chi connectivity index (χ4v) is 1.10. The van der Waals surface area contributed by atoms with E-state index in [4.69, 9.17) is 4.74 Å². The number of benzene rings is 1. The summed E-state index contributed by atoms with van der Waals surface area (Å²) in [6.45, 7) is 4.07. The molecule has 0 bridgehead atoms. The zero-order valence-electron chi connectivity index (χ0n) is 9.32. The zero-order valence-corrected chi connectivity index (χ0v) is 9.32. The molecule has 1 atom stereocenters. The highest BCUT2D eigenvalue weighted by Crippen LogP contribution is 2.15. The quantitative estimate of drug-likeness (QED) is 0.713. The summed E-state index contributed by atoms with van der Waals surface area (Å²) in [4.78, 5) is 11.1. The molecule has 0 aliphatic heterocycles. The van der Waals surface area contributed by atoms with Crippen molar-refractivity contribution in [1.29, 1.82) is 0 Å². The number of methoxy groups -OCH3 is 1. The fraction of sp³-hybridized carbons (Fsp3) is 0.417. The van der Waals surface area contributed by atoms with Gasteiger partial charge in [0.25, 0.3) is 0 Å². The predicted octanol–water partition coefficient (Wildman–Crippen LogP) is 2.65. The Morgan fingerprint density at radius 2 is 1.93 bits per heavy atom. The van der Waals surface area contributed by atoms with E-state index in [1.54, 1.807) is 24.3 Å². The highest BCUT2D eigenvalue weighted by molar-refractivity contribution is 5.89. The molecule has 0 heterocycles. The van der Waals surface area contributed by atoms with Crippen LogP contribution in [0.15, 0.2) is 24.3 Å². The van der Waals surface area contributed by atoms with Crippen LogP contribution in [0, 0.1) is 0 Å². The Morgan fingerprint density at radius 3 is 2.40 bits per heavy atom. The van der Waals surface area contributed by atoms with Gasteiger partial charge in [0.15, 0.2) is 0 Å². The maximum Gasteiger partial charge on any atom is 0.337 e. The molecular weight excluding hydrogens is 192 g/mol. The Hall–Kier alpha value is -1.51. The Labute approximate surface area is 90.0 Å². The van der Waals surface area contributed by atoms with E-state index in [1.165, 1.54) is 7.11 Å². The molecule has 3 nitrogen and oxygen atoms in total. The van der Waals surface area contributed by atoms with E-state index in [0.29, 0.717) is 5.56 Å². The minimum absolute atomic E-state index is 0.189. The van der Waals surface area contributed by atoms with E-state index in [-0.39, 0.29) is 12.1 Å². The SMILES string of the molecule is CCC(C)Oc1ccc(C(=O)OC)cc1. The van der Waals surface area contributed by atoms with Gasteiger partial charge in [-0.15, -0.1) is 0 Å². The molecule has 0 aliphatic rings. The molecule has 1 aromatic carbocycles. The normalized spacial score (nSPS) is 11.9. The second kappa shape index (κ2) is 5.39. The van der Waals surface area contributed by atoms with Gasteiger partial charge in [-0.2, -0.15) is 0 Å². The van der Waals surface area contributed by atoms with Crippen LogP contribution < -0.4 is 4.74 Å². The molecule has 1 unspecified atom stereocenters. The van der Waals surface area contributed by atoms with E-state index in [2.05, 4.69) is 11.7 Å². The van der Waals surface area contributed by atoms with Gasteiger partial charge in [0.05, 0.1) is 18.8 Å². The average molecular weight is 208 g/mol. The van der Waals surface area contributed by atoms with Crippen LogP contribution in [0.2, 0.25) is 0 Å². The molecule has 0 spiro atoms. The third kappa shape index (κ3) is 3.27. The van der Waals surface area contributed by atoms with Gasteiger partial charge in [-0.1, -0.05) is 6.92 Å². The van der Waals surface area contributed by atoms with Crippen molar-refractivity contribution in [3.63, 3.8) is 0 Å². The number of rotatable bonds is 4. The van der Waals surface area contributed by atoms with Gasteiger partial charge in [0, 0.05) is 0 Å². The highest BCUT2D eigenvalue weighted by atomic mass is 16.5. The molecule has 0 fully saturated rings. The van der Waals surface area contributed by atoms with Crippen LogP contribution in [0.4, 0.5) is 0 Å². The van der Waals surface area contributed by atoms with Crippen molar-refractivity contribution < 1.29 is 14.3 Å². The van der Waals surface area contributed by atoms with Gasteiger partial charge >= 0.3 is 5.97 Å². The Bertz CT molecular complexity index is 316. The lowest BCUT2D eigenvalue weighted by Gasteiger charge is -2.12. The number of esters is 1. The molecule has 82 valence electrons. The monoisotopic (exact) mass is 208 g/mol. The lowest BCUT2D eigenvalue weighted by molar-refractivity contribution is 0.0600. The molecule has 0 saturated carbocycles. The van der Waals surface area contributed by atoms with Gasteiger partial charge in [-0.05, 0) is 37.6 Å². The number of carbonyl (C=O) groups excluding carboxylic acids is 1. The molecule has 0 aliphatic carbocycles. The molecule has 0 radical (unpaired) electrons. The molecule has 1 rings (SSSR count). The van der Waals surface area contributed by atoms with Gasteiger partial charge in [0.1, 0.15) is 5.75 Å². The van der Waals surface area contributed by atoms with Gasteiger partial charge in [-0.3, -0.25) is 0 Å². The van der Waals surface area contributed by atoms with Crippen LogP contribution in [-0.2, 0) is 4.74 Å². The molecule has 0 amide bonds. The van der Waals surface area contributed by atoms with Crippen LogP contribution in [0.1, 0.15) is 30.6 Å². The van der Waals surface area contributed by atoms with Crippen LogP contribution in [0.5, 0.6) is 5.75 Å². The second-order valence-corrected chi connectivity index (χ2v) is 3.35. The largest absolute Gasteiger partial charge is 0.491 e. The topological polar surface area (TPSA) is 35.5 Å². The van der Waals surface area contributed by atoms with Gasteiger partial charge < -0.3 is 9.47 Å². The molecule has 0 aromatic heterocycles. The standard InChI is InChI=1S/C12H16O3/c1-4-9(2)15-11-7-5-10(6-8-11)12(13)14-3/h5-9H,4H2,1-3H3. The maximum atomic E-state index is 11.1. The first-order valence-corrected chi connectivity index (χ1v) is 5.02. The van der Waals surface area contributed by atoms with Crippen molar-refractivity contribution in [2.75, 3.05) is 7.11 Å². The third-order valence-corrected chi connectivity index (χ3v) is 2.19. The smallest absolute Gasteiger partial charge is 0.337 e. The lowest BCUT2D eigenvalue weighted by Crippen LogP contribution is -2.09. The first-order chi connectivity index (χ1) is 7.17. The van der Waals surface area contributed by atoms with Crippen molar-refractivity contribution in [2.45, 2.75) is 26.4 Å². The number of hydrogen-bond donors (Lipinski definition) is 0. The molecule has 0 N–H and O–H groups in total. The number of carbonyl (C=O) groups is 1. The summed E-state index contributed by atoms with van der Waals surface area (Å²) in [5, 5.41) is 0. The van der Waals surface area contributed by atoms with Crippen LogP contribution in [0.25, 0.3) is 0 Å². The number of ether oxygens (including phenoxy) is 2. The average Bonchev–Trinajstić information content (AvgIpc) is 2.29. The van der Waals surface area contributed by atoms with Crippen LogP contribution in [0.3, 0.4) is 0 Å². The molecule has 1 aromatic rings. The minimum Gasteiger partial charge on any atom is -0.491 e. The first kappa shape index (κ1) is 11.6. The minimum atomic E-state index is -0.329. The van der Waals surface area contributed by atoms with Crippen molar-refractivity contribution in [1.82, 2.24) is 0 Å². The zero-order chi connectivity index (χ0) is 11.3. The van der Waals surface area contributed by atoms with E-state index >= 15 is 0 Å². The second-order valence-electron chi connectivity index (χ2n) is 3.35. The molecular formula is C12H16O3. The summed E-state index contributed by atoms with van der Waals surface area (Å²) in [7, 11) is 1.37. The van der Waals surface area contributed by atoms with Crippen molar-refractivity contribution in [3.05, 3.63) is 29.8 Å². The van der Waals surface area contributed by atoms with Crippen molar-refractivity contribution >= 4 is 5.97 Å². The van der Waals surface area contributed by atoms with Crippen molar-refractivity contribution in [3.8, 4) is 5.75 Å². The Balaban J connectivity index is 2.68. The van der Waals surface area contributed by atoms with Crippen LogP contribution in [-0.4, -0.2) is 19.2 Å². The summed E-state index contributed by atoms with van der Waals surface area (Å²) in [6.07, 6.45) is 1.15. The fourth-order valence-electron chi connectivity index (χ4n) is 1.10. The van der Waals surface area contributed by atoms with E-state index in [1.807, 2.05) is 6.92 Å².